The second kappa shape index (κ2) is 3.60. The first-order valence-corrected chi connectivity index (χ1v) is 8.56. The van der Waals surface area contributed by atoms with E-state index in [1.54, 1.807) is 0 Å². The van der Waals surface area contributed by atoms with Crippen molar-refractivity contribution in [3.05, 3.63) is 0 Å². The Kier molecular flexibility index (Phi) is 2.16. The van der Waals surface area contributed by atoms with Crippen molar-refractivity contribution in [3.8, 4) is 0 Å². The molecule has 6 aliphatic rings. The van der Waals surface area contributed by atoms with Gasteiger partial charge in [-0.15, -0.1) is 0 Å². The van der Waals surface area contributed by atoms with Crippen molar-refractivity contribution in [2.75, 3.05) is 6.54 Å². The zero-order chi connectivity index (χ0) is 13.5. The van der Waals surface area contributed by atoms with E-state index in [9.17, 15) is 9.90 Å². The normalized spacial score (nSPS) is 55.1. The average Bonchev–Trinajstić information content (AvgIpc) is 2.96. The van der Waals surface area contributed by atoms with Crippen LogP contribution >= 0.6 is 0 Å². The van der Waals surface area contributed by atoms with Crippen molar-refractivity contribution in [1.82, 2.24) is 4.90 Å². The predicted octanol–water partition coefficient (Wildman–Crippen LogP) is 2.33. The third kappa shape index (κ3) is 1.65. The van der Waals surface area contributed by atoms with E-state index in [0.29, 0.717) is 23.8 Å². The summed E-state index contributed by atoms with van der Waals surface area (Å²) in [6.07, 6.45) is 9.87. The van der Waals surface area contributed by atoms with E-state index in [0.717, 1.165) is 38.1 Å². The molecule has 0 spiro atoms. The van der Waals surface area contributed by atoms with Crippen LogP contribution in [0.25, 0.3) is 0 Å². The molecule has 0 aromatic heterocycles. The first-order valence-electron chi connectivity index (χ1n) is 8.56. The van der Waals surface area contributed by atoms with Gasteiger partial charge in [0.05, 0.1) is 5.60 Å². The number of hydrogen-bond acceptors (Lipinski definition) is 2. The van der Waals surface area contributed by atoms with Gasteiger partial charge in [0, 0.05) is 19.0 Å². The molecule has 4 atom stereocenters. The smallest absolute Gasteiger partial charge is 0.223 e. The van der Waals surface area contributed by atoms with E-state index in [-0.39, 0.29) is 5.41 Å². The van der Waals surface area contributed by atoms with Crippen LogP contribution in [0.2, 0.25) is 0 Å². The summed E-state index contributed by atoms with van der Waals surface area (Å²) in [4.78, 5) is 14.9. The summed E-state index contributed by atoms with van der Waals surface area (Å²) in [5.41, 5.74) is -0.264. The molecule has 0 radical (unpaired) electrons. The van der Waals surface area contributed by atoms with Gasteiger partial charge in [0.2, 0.25) is 5.91 Å². The summed E-state index contributed by atoms with van der Waals surface area (Å²) in [6.45, 7) is 1.00. The zero-order valence-electron chi connectivity index (χ0n) is 12.2. The molecule has 3 nitrogen and oxygen atoms in total. The maximum absolute atomic E-state index is 12.7. The number of aliphatic hydroxyl groups is 1. The number of amides is 1. The van der Waals surface area contributed by atoms with Crippen LogP contribution in [0.4, 0.5) is 0 Å². The van der Waals surface area contributed by atoms with E-state index >= 15 is 0 Å². The lowest BCUT2D eigenvalue weighted by Crippen LogP contribution is -2.56. The van der Waals surface area contributed by atoms with Gasteiger partial charge in [0.25, 0.3) is 0 Å². The lowest BCUT2D eigenvalue weighted by molar-refractivity contribution is -0.172. The minimum Gasteiger partial charge on any atom is -0.390 e. The van der Waals surface area contributed by atoms with Crippen LogP contribution in [0, 0.1) is 23.2 Å². The van der Waals surface area contributed by atoms with Gasteiger partial charge in [-0.25, -0.2) is 0 Å². The third-order valence-electron chi connectivity index (χ3n) is 7.02. The fraction of sp³-hybridized carbons (Fsp3) is 0.941. The second-order valence-electron chi connectivity index (χ2n) is 8.80. The molecule has 1 aliphatic heterocycles. The quantitative estimate of drug-likeness (QED) is 0.840. The second-order valence-corrected chi connectivity index (χ2v) is 8.80. The Hall–Kier alpha value is -0.570. The Balaban J connectivity index is 1.36. The van der Waals surface area contributed by atoms with Crippen LogP contribution in [0.5, 0.6) is 0 Å². The first-order chi connectivity index (χ1) is 9.54. The molecule has 5 saturated carbocycles. The summed E-state index contributed by atoms with van der Waals surface area (Å²) in [5, 5.41) is 10.8. The SMILES string of the molecule is O=C(CC12CC3CC(CC(O)(C3)C1)C2)N1CC[C@@H]2C[C@@H]21. The maximum atomic E-state index is 12.7. The lowest BCUT2D eigenvalue weighted by atomic mass is 9.47. The average molecular weight is 275 g/mol. The fourth-order valence-electron chi connectivity index (χ4n) is 6.74. The Morgan fingerprint density at radius 2 is 1.90 bits per heavy atom. The van der Waals surface area contributed by atoms with Crippen LogP contribution in [0.1, 0.15) is 57.8 Å². The number of nitrogens with zero attached hydrogens (tertiary/aromatic N) is 1. The van der Waals surface area contributed by atoms with Crippen LogP contribution in [0.15, 0.2) is 0 Å². The van der Waals surface area contributed by atoms with Gasteiger partial charge in [-0.3, -0.25) is 4.79 Å². The number of piperidine rings is 1. The summed E-state index contributed by atoms with van der Waals surface area (Å²) in [6, 6.07) is 0.597. The predicted molar refractivity (Wildman–Crippen MR) is 74.9 cm³/mol. The van der Waals surface area contributed by atoms with E-state index in [4.69, 9.17) is 0 Å². The van der Waals surface area contributed by atoms with Gasteiger partial charge in [0.15, 0.2) is 0 Å². The van der Waals surface area contributed by atoms with Gasteiger partial charge in [-0.1, -0.05) is 0 Å². The van der Waals surface area contributed by atoms with E-state index < -0.39 is 5.60 Å². The highest BCUT2D eigenvalue weighted by Gasteiger charge is 2.58. The van der Waals surface area contributed by atoms with Crippen LogP contribution in [-0.4, -0.2) is 34.1 Å². The number of likely N-dealkylation sites (tertiary alicyclic amines) is 1. The molecular formula is C17H25NO2. The standard InChI is InChI=1S/C17H25NO2/c19-15(18-2-1-13-4-14(13)18)9-16-5-11-3-12(6-16)8-17(20,7-11)10-16/h11-14,20H,1-10H2/t11?,12?,13-,14+,16?,17?/m1/s1. The van der Waals surface area contributed by atoms with E-state index in [1.165, 1.54) is 32.1 Å². The molecule has 0 aromatic carbocycles. The van der Waals surface area contributed by atoms with Crippen molar-refractivity contribution in [1.29, 1.82) is 0 Å². The molecule has 0 aromatic rings. The topological polar surface area (TPSA) is 40.5 Å². The molecule has 110 valence electrons. The largest absolute Gasteiger partial charge is 0.390 e. The summed E-state index contributed by atoms with van der Waals surface area (Å²) >= 11 is 0. The van der Waals surface area contributed by atoms with E-state index in [2.05, 4.69) is 4.90 Å². The van der Waals surface area contributed by atoms with Gasteiger partial charge in [-0.2, -0.15) is 0 Å². The van der Waals surface area contributed by atoms with Crippen molar-refractivity contribution in [2.45, 2.75) is 69.4 Å². The monoisotopic (exact) mass is 275 g/mol. The lowest BCUT2D eigenvalue weighted by Gasteiger charge is -2.60. The molecule has 6 rings (SSSR count). The van der Waals surface area contributed by atoms with E-state index in [1.807, 2.05) is 0 Å². The first kappa shape index (κ1) is 12.0. The number of hydrogen-bond donors (Lipinski definition) is 1. The Morgan fingerprint density at radius 1 is 1.15 bits per heavy atom. The molecule has 6 fully saturated rings. The molecule has 4 bridgehead atoms. The van der Waals surface area contributed by atoms with Gasteiger partial charge >= 0.3 is 0 Å². The van der Waals surface area contributed by atoms with Gasteiger partial charge in [0.1, 0.15) is 0 Å². The molecule has 20 heavy (non-hydrogen) atoms. The van der Waals surface area contributed by atoms with Crippen molar-refractivity contribution < 1.29 is 9.90 Å². The minimum atomic E-state index is -0.419. The van der Waals surface area contributed by atoms with Crippen LogP contribution in [0.3, 0.4) is 0 Å². The maximum Gasteiger partial charge on any atom is 0.223 e. The summed E-state index contributed by atoms with van der Waals surface area (Å²) in [7, 11) is 0. The Bertz CT molecular complexity index is 460. The summed E-state index contributed by atoms with van der Waals surface area (Å²) < 4.78 is 0. The number of carbonyl (C=O) groups is 1. The molecule has 1 heterocycles. The Labute approximate surface area is 120 Å². The minimum absolute atomic E-state index is 0.156. The van der Waals surface area contributed by atoms with Gasteiger partial charge < -0.3 is 10.0 Å². The zero-order valence-corrected chi connectivity index (χ0v) is 12.2. The van der Waals surface area contributed by atoms with Crippen LogP contribution < -0.4 is 0 Å². The molecular weight excluding hydrogens is 250 g/mol. The molecule has 3 heteroatoms. The highest BCUT2D eigenvalue weighted by atomic mass is 16.3. The third-order valence-corrected chi connectivity index (χ3v) is 7.02. The highest BCUT2D eigenvalue weighted by Crippen LogP contribution is 2.63. The molecule has 1 saturated heterocycles. The molecule has 2 unspecified atom stereocenters. The molecule has 1 amide bonds. The molecule has 1 N–H and O–H groups in total. The van der Waals surface area contributed by atoms with Crippen LogP contribution in [-0.2, 0) is 4.79 Å². The molecule has 5 aliphatic carbocycles. The summed E-state index contributed by atoms with van der Waals surface area (Å²) in [5.74, 6) is 2.63. The highest BCUT2D eigenvalue weighted by molar-refractivity contribution is 5.78. The van der Waals surface area contributed by atoms with Crippen molar-refractivity contribution in [3.63, 3.8) is 0 Å². The Morgan fingerprint density at radius 3 is 2.45 bits per heavy atom. The number of rotatable bonds is 2. The van der Waals surface area contributed by atoms with Crippen molar-refractivity contribution >= 4 is 5.91 Å². The number of carbonyl (C=O) groups excluding carboxylic acids is 1. The van der Waals surface area contributed by atoms with Gasteiger partial charge in [-0.05, 0) is 74.5 Å². The number of fused-ring (bicyclic) bond motifs is 1. The fourth-order valence-corrected chi connectivity index (χ4v) is 6.74. The van der Waals surface area contributed by atoms with Crippen molar-refractivity contribution in [2.24, 2.45) is 23.2 Å².